The molecular weight excluding hydrogens is 446 g/mol. The van der Waals surface area contributed by atoms with Crippen LogP contribution in [0.25, 0.3) is 11.0 Å². The highest BCUT2D eigenvalue weighted by atomic mass is 35.5. The van der Waals surface area contributed by atoms with Gasteiger partial charge in [0.25, 0.3) is 5.91 Å². The number of ether oxygens (including phenoxy) is 3. The monoisotopic (exact) mass is 465 g/mol. The Labute approximate surface area is 194 Å². The van der Waals surface area contributed by atoms with Crippen LogP contribution in [0, 0.1) is 0 Å². The van der Waals surface area contributed by atoms with E-state index in [1.807, 2.05) is 13.0 Å². The number of nitrogens with one attached hydrogen (secondary N) is 1. The fourth-order valence-electron chi connectivity index (χ4n) is 3.08. The minimum absolute atomic E-state index is 0.0300. The Bertz CT molecular complexity index is 1350. The summed E-state index contributed by atoms with van der Waals surface area (Å²) in [4.78, 5) is 25.0. The van der Waals surface area contributed by atoms with Gasteiger partial charge in [0, 0.05) is 6.07 Å². The molecule has 0 atom stereocenters. The zero-order valence-electron chi connectivity index (χ0n) is 17.7. The van der Waals surface area contributed by atoms with Crippen LogP contribution in [0.2, 0.25) is 5.02 Å². The summed E-state index contributed by atoms with van der Waals surface area (Å²) in [5.41, 5.74) is 0.454. The Morgan fingerprint density at radius 1 is 0.970 bits per heavy atom. The van der Waals surface area contributed by atoms with Crippen LogP contribution < -0.4 is 25.0 Å². The largest absolute Gasteiger partial charge is 0.490 e. The van der Waals surface area contributed by atoms with Crippen molar-refractivity contribution in [2.24, 2.45) is 0 Å². The zero-order chi connectivity index (χ0) is 23.2. The average molecular weight is 466 g/mol. The predicted molar refractivity (Wildman–Crippen MR) is 126 cm³/mol. The summed E-state index contributed by atoms with van der Waals surface area (Å²) in [6.45, 7) is 2.09. The second-order valence-electron chi connectivity index (χ2n) is 6.89. The third kappa shape index (κ3) is 5.27. The van der Waals surface area contributed by atoms with Crippen molar-refractivity contribution in [3.05, 3.63) is 88.2 Å². The Morgan fingerprint density at radius 3 is 2.52 bits per heavy atom. The maximum atomic E-state index is 12.9. The second kappa shape index (κ2) is 10.1. The third-order valence-corrected chi connectivity index (χ3v) is 4.93. The van der Waals surface area contributed by atoms with Gasteiger partial charge >= 0.3 is 0 Å². The van der Waals surface area contributed by atoms with Crippen LogP contribution in [0.15, 0.2) is 82.2 Å². The maximum absolute atomic E-state index is 12.9. The minimum atomic E-state index is -0.374. The van der Waals surface area contributed by atoms with Crippen molar-refractivity contribution >= 4 is 34.2 Å². The van der Waals surface area contributed by atoms with Gasteiger partial charge in [0.1, 0.15) is 17.6 Å². The number of fused-ring (bicyclic) bond motifs is 1. The van der Waals surface area contributed by atoms with Crippen molar-refractivity contribution in [1.29, 1.82) is 0 Å². The molecule has 0 aliphatic rings. The molecule has 0 fully saturated rings. The van der Waals surface area contributed by atoms with Crippen molar-refractivity contribution in [1.82, 2.24) is 0 Å². The molecule has 1 aromatic heterocycles. The topological polar surface area (TPSA) is 87.0 Å². The number of carbonyl (C=O) groups is 1. The fraction of sp³-hybridized carbons (Fsp3) is 0.120. The summed E-state index contributed by atoms with van der Waals surface area (Å²) in [5.74, 6) is 0.966. The van der Waals surface area contributed by atoms with Gasteiger partial charge in [-0.05, 0) is 43.3 Å². The number of rotatable bonds is 8. The molecule has 0 saturated carbocycles. The molecule has 168 valence electrons. The zero-order valence-corrected chi connectivity index (χ0v) is 18.4. The van der Waals surface area contributed by atoms with E-state index in [1.54, 1.807) is 54.6 Å². The van der Waals surface area contributed by atoms with Gasteiger partial charge in [-0.3, -0.25) is 9.59 Å². The number of carbonyl (C=O) groups excluding carboxylic acids is 1. The molecule has 0 bridgehead atoms. The summed E-state index contributed by atoms with van der Waals surface area (Å²) in [6.07, 6.45) is 1.24. The molecule has 7 nitrogen and oxygen atoms in total. The lowest BCUT2D eigenvalue weighted by Crippen LogP contribution is -2.20. The summed E-state index contributed by atoms with van der Waals surface area (Å²) >= 11 is 6.04. The third-order valence-electron chi connectivity index (χ3n) is 4.60. The number of benzene rings is 3. The first-order chi connectivity index (χ1) is 16.0. The highest BCUT2D eigenvalue weighted by molar-refractivity contribution is 6.33. The molecule has 0 radical (unpaired) electrons. The molecule has 1 amide bonds. The Kier molecular flexibility index (Phi) is 6.80. The molecule has 4 rings (SSSR count). The highest BCUT2D eigenvalue weighted by Crippen LogP contribution is 2.31. The van der Waals surface area contributed by atoms with Gasteiger partial charge < -0.3 is 23.9 Å². The first-order valence-electron chi connectivity index (χ1n) is 10.2. The van der Waals surface area contributed by atoms with E-state index in [2.05, 4.69) is 5.32 Å². The number of anilines is 1. The quantitative estimate of drug-likeness (QED) is 0.361. The van der Waals surface area contributed by atoms with Crippen LogP contribution in [0.4, 0.5) is 5.69 Å². The van der Waals surface area contributed by atoms with E-state index in [0.717, 1.165) is 0 Å². The predicted octanol–water partition coefficient (Wildman–Crippen LogP) is 5.65. The van der Waals surface area contributed by atoms with E-state index in [4.69, 9.17) is 30.2 Å². The number of amides is 1. The van der Waals surface area contributed by atoms with E-state index in [9.17, 15) is 9.59 Å². The molecule has 33 heavy (non-hydrogen) atoms. The molecule has 0 spiro atoms. The summed E-state index contributed by atoms with van der Waals surface area (Å²) in [5, 5.41) is 3.42. The van der Waals surface area contributed by atoms with Crippen molar-refractivity contribution in [3.63, 3.8) is 0 Å². The molecular formula is C25H20ClNO6. The lowest BCUT2D eigenvalue weighted by Gasteiger charge is -2.11. The Morgan fingerprint density at radius 2 is 1.73 bits per heavy atom. The van der Waals surface area contributed by atoms with Crippen molar-refractivity contribution in [2.45, 2.75) is 6.92 Å². The standard InChI is InChI=1S/C25H20ClNO6/c1-2-30-20-9-5-6-10-21(20)33-23-14-32-22-13-16(11-12-17(22)25(23)29)31-15-24(28)27-19-8-4-3-7-18(19)26/h3-14H,2,15H2,1H3,(H,27,28). The Hall–Kier alpha value is -3.97. The molecule has 8 heteroatoms. The number of hydrogen-bond acceptors (Lipinski definition) is 6. The minimum Gasteiger partial charge on any atom is -0.490 e. The molecule has 1 heterocycles. The smallest absolute Gasteiger partial charge is 0.262 e. The van der Waals surface area contributed by atoms with Gasteiger partial charge in [-0.1, -0.05) is 35.9 Å². The number of para-hydroxylation sites is 3. The molecule has 1 N–H and O–H groups in total. The molecule has 4 aromatic rings. The summed E-state index contributed by atoms with van der Waals surface area (Å²) in [6, 6.07) is 18.6. The van der Waals surface area contributed by atoms with Crippen LogP contribution in [-0.2, 0) is 4.79 Å². The van der Waals surface area contributed by atoms with Gasteiger partial charge in [-0.15, -0.1) is 0 Å². The number of halogens is 1. The number of hydrogen-bond donors (Lipinski definition) is 1. The van der Waals surface area contributed by atoms with E-state index in [0.29, 0.717) is 45.5 Å². The fourth-order valence-corrected chi connectivity index (χ4v) is 3.26. The lowest BCUT2D eigenvalue weighted by atomic mass is 10.2. The highest BCUT2D eigenvalue weighted by Gasteiger charge is 2.13. The van der Waals surface area contributed by atoms with Gasteiger partial charge in [0.2, 0.25) is 11.2 Å². The van der Waals surface area contributed by atoms with Crippen molar-refractivity contribution in [3.8, 4) is 23.0 Å². The summed E-state index contributed by atoms with van der Waals surface area (Å²) in [7, 11) is 0. The van der Waals surface area contributed by atoms with Gasteiger partial charge in [-0.2, -0.15) is 0 Å². The van der Waals surface area contributed by atoms with Gasteiger partial charge in [0.05, 0.1) is 22.7 Å². The van der Waals surface area contributed by atoms with E-state index in [1.165, 1.54) is 12.3 Å². The SMILES string of the molecule is CCOc1ccccc1Oc1coc2cc(OCC(=O)Nc3ccccc3Cl)ccc2c1=O. The van der Waals surface area contributed by atoms with Crippen molar-refractivity contribution < 1.29 is 23.4 Å². The van der Waals surface area contributed by atoms with Gasteiger partial charge in [0.15, 0.2) is 18.1 Å². The van der Waals surface area contributed by atoms with E-state index in [-0.39, 0.29) is 23.7 Å². The average Bonchev–Trinajstić information content (AvgIpc) is 2.82. The Balaban J connectivity index is 1.47. The molecule has 0 unspecified atom stereocenters. The molecule has 0 aliphatic heterocycles. The van der Waals surface area contributed by atoms with Crippen LogP contribution >= 0.6 is 11.6 Å². The maximum Gasteiger partial charge on any atom is 0.262 e. The first kappa shape index (κ1) is 22.2. The second-order valence-corrected chi connectivity index (χ2v) is 7.29. The van der Waals surface area contributed by atoms with Crippen LogP contribution in [0.1, 0.15) is 6.92 Å². The normalized spacial score (nSPS) is 10.6. The molecule has 3 aromatic carbocycles. The summed E-state index contributed by atoms with van der Waals surface area (Å²) < 4.78 is 22.4. The van der Waals surface area contributed by atoms with Crippen molar-refractivity contribution in [2.75, 3.05) is 18.5 Å². The van der Waals surface area contributed by atoms with Crippen LogP contribution in [0.5, 0.6) is 23.0 Å². The lowest BCUT2D eigenvalue weighted by molar-refractivity contribution is -0.118. The molecule has 0 aliphatic carbocycles. The van der Waals surface area contributed by atoms with Crippen LogP contribution in [-0.4, -0.2) is 19.1 Å². The molecule has 0 saturated heterocycles. The van der Waals surface area contributed by atoms with E-state index >= 15 is 0 Å². The first-order valence-corrected chi connectivity index (χ1v) is 10.6. The van der Waals surface area contributed by atoms with Crippen LogP contribution in [0.3, 0.4) is 0 Å². The van der Waals surface area contributed by atoms with E-state index < -0.39 is 0 Å². The van der Waals surface area contributed by atoms with Gasteiger partial charge in [-0.25, -0.2) is 0 Å².